The fourth-order valence-corrected chi connectivity index (χ4v) is 3.92. The van der Waals surface area contributed by atoms with E-state index in [0.717, 1.165) is 21.7 Å². The van der Waals surface area contributed by atoms with Gasteiger partial charge < -0.3 is 10.1 Å². The average Bonchev–Trinajstić information content (AvgIpc) is 2.57. The maximum atomic E-state index is 12.7. The predicted molar refractivity (Wildman–Crippen MR) is 109 cm³/mol. The van der Waals surface area contributed by atoms with Gasteiger partial charge >= 0.3 is 0 Å². The van der Waals surface area contributed by atoms with Crippen LogP contribution in [0.4, 0.5) is 11.4 Å². The highest BCUT2D eigenvalue weighted by Gasteiger charge is 2.29. The molecule has 27 heavy (non-hydrogen) atoms. The van der Waals surface area contributed by atoms with Crippen molar-refractivity contribution >= 4 is 27.3 Å². The second kappa shape index (κ2) is 8.43. The normalized spacial score (nSPS) is 12.3. The van der Waals surface area contributed by atoms with Crippen molar-refractivity contribution in [1.29, 1.82) is 0 Å². The molecule has 1 amide bonds. The molecular formula is C20H26N2O4S. The van der Waals surface area contributed by atoms with Crippen LogP contribution in [0.2, 0.25) is 0 Å². The number of aryl methyl sites for hydroxylation is 2. The van der Waals surface area contributed by atoms with E-state index in [4.69, 9.17) is 4.74 Å². The Hall–Kier alpha value is -2.54. The fraction of sp³-hybridized carbons (Fsp3) is 0.350. The van der Waals surface area contributed by atoms with Crippen molar-refractivity contribution in [2.75, 3.05) is 22.5 Å². The molecule has 146 valence electrons. The van der Waals surface area contributed by atoms with Crippen LogP contribution < -0.4 is 14.4 Å². The predicted octanol–water partition coefficient (Wildman–Crippen LogP) is 3.50. The van der Waals surface area contributed by atoms with E-state index in [1.807, 2.05) is 26.8 Å². The molecule has 0 spiro atoms. The van der Waals surface area contributed by atoms with Crippen LogP contribution in [0.3, 0.4) is 0 Å². The van der Waals surface area contributed by atoms with Gasteiger partial charge in [-0.05, 0) is 63.1 Å². The molecule has 0 heterocycles. The smallest absolute Gasteiger partial charge is 0.247 e. The van der Waals surface area contributed by atoms with Crippen molar-refractivity contribution in [2.45, 2.75) is 33.7 Å². The quantitative estimate of drug-likeness (QED) is 0.785. The largest absolute Gasteiger partial charge is 0.494 e. The lowest BCUT2D eigenvalue weighted by molar-refractivity contribution is -0.116. The minimum absolute atomic E-state index is 0.424. The van der Waals surface area contributed by atoms with Crippen LogP contribution in [-0.4, -0.2) is 33.2 Å². The second-order valence-corrected chi connectivity index (χ2v) is 8.31. The van der Waals surface area contributed by atoms with Gasteiger partial charge in [0.15, 0.2) is 0 Å². The van der Waals surface area contributed by atoms with Crippen molar-refractivity contribution in [1.82, 2.24) is 0 Å². The Kier molecular flexibility index (Phi) is 6.49. The minimum Gasteiger partial charge on any atom is -0.494 e. The lowest BCUT2D eigenvalue weighted by Crippen LogP contribution is -2.45. The van der Waals surface area contributed by atoms with Crippen LogP contribution in [0.25, 0.3) is 0 Å². The molecule has 0 aromatic heterocycles. The summed E-state index contributed by atoms with van der Waals surface area (Å²) < 4.78 is 31.3. The van der Waals surface area contributed by atoms with E-state index < -0.39 is 22.0 Å². The molecule has 2 aromatic rings. The van der Waals surface area contributed by atoms with Gasteiger partial charge in [0.25, 0.3) is 0 Å². The summed E-state index contributed by atoms with van der Waals surface area (Å²) in [5, 5.41) is 2.76. The summed E-state index contributed by atoms with van der Waals surface area (Å²) in [5.41, 5.74) is 3.02. The number of nitrogens with zero attached hydrogens (tertiary/aromatic N) is 1. The molecule has 0 bridgehead atoms. The number of sulfonamides is 1. The number of ether oxygens (including phenoxy) is 1. The summed E-state index contributed by atoms with van der Waals surface area (Å²) in [6, 6.07) is 11.4. The van der Waals surface area contributed by atoms with Crippen molar-refractivity contribution in [3.8, 4) is 5.75 Å². The Labute approximate surface area is 161 Å². The molecule has 2 aromatic carbocycles. The maximum absolute atomic E-state index is 12.7. The number of benzene rings is 2. The van der Waals surface area contributed by atoms with Gasteiger partial charge in [0.1, 0.15) is 11.8 Å². The van der Waals surface area contributed by atoms with Crippen LogP contribution in [-0.2, 0) is 14.8 Å². The van der Waals surface area contributed by atoms with E-state index in [1.54, 1.807) is 43.3 Å². The molecule has 0 radical (unpaired) electrons. The summed E-state index contributed by atoms with van der Waals surface area (Å²) in [6.45, 7) is 7.82. The molecule has 0 fully saturated rings. The number of hydrogen-bond donors (Lipinski definition) is 1. The van der Waals surface area contributed by atoms with Crippen LogP contribution in [0.5, 0.6) is 5.75 Å². The monoisotopic (exact) mass is 390 g/mol. The molecule has 0 saturated carbocycles. The third kappa shape index (κ3) is 5.23. The van der Waals surface area contributed by atoms with Gasteiger partial charge in [-0.3, -0.25) is 9.10 Å². The maximum Gasteiger partial charge on any atom is 0.247 e. The van der Waals surface area contributed by atoms with Gasteiger partial charge in [0.05, 0.1) is 18.6 Å². The number of hydrogen-bond acceptors (Lipinski definition) is 4. The van der Waals surface area contributed by atoms with Gasteiger partial charge in [-0.15, -0.1) is 0 Å². The molecule has 0 aliphatic heterocycles. The van der Waals surface area contributed by atoms with E-state index in [0.29, 0.717) is 23.7 Å². The van der Waals surface area contributed by atoms with Crippen LogP contribution in [0.1, 0.15) is 25.0 Å². The molecule has 0 aliphatic rings. The first-order valence-corrected chi connectivity index (χ1v) is 10.6. The zero-order valence-electron chi connectivity index (χ0n) is 16.3. The van der Waals surface area contributed by atoms with Crippen molar-refractivity contribution in [3.05, 3.63) is 53.6 Å². The zero-order valence-corrected chi connectivity index (χ0v) is 17.1. The number of nitrogens with one attached hydrogen (secondary N) is 1. The summed E-state index contributed by atoms with van der Waals surface area (Å²) in [5.74, 6) is 0.212. The molecule has 1 atom stereocenters. The van der Waals surface area contributed by atoms with Gasteiger partial charge in [-0.2, -0.15) is 0 Å². The summed E-state index contributed by atoms with van der Waals surface area (Å²) in [6.07, 6.45) is 1.10. The third-order valence-corrected chi connectivity index (χ3v) is 5.49. The highest BCUT2D eigenvalue weighted by Crippen LogP contribution is 2.25. The summed E-state index contributed by atoms with van der Waals surface area (Å²) in [4.78, 5) is 12.7. The molecule has 0 aliphatic carbocycles. The zero-order chi connectivity index (χ0) is 20.2. The van der Waals surface area contributed by atoms with Crippen LogP contribution in [0, 0.1) is 13.8 Å². The van der Waals surface area contributed by atoms with Crippen LogP contribution in [0.15, 0.2) is 42.5 Å². The third-order valence-electron chi connectivity index (χ3n) is 4.25. The second-order valence-electron chi connectivity index (χ2n) is 6.45. The van der Waals surface area contributed by atoms with E-state index in [1.165, 1.54) is 0 Å². The summed E-state index contributed by atoms with van der Waals surface area (Å²) >= 11 is 0. The fourth-order valence-electron chi connectivity index (χ4n) is 2.75. The molecule has 6 nitrogen and oxygen atoms in total. The van der Waals surface area contributed by atoms with Gasteiger partial charge in [0.2, 0.25) is 15.9 Å². The Bertz CT molecular complexity index is 925. The minimum atomic E-state index is -3.65. The molecule has 2 rings (SSSR count). The number of carbonyl (C=O) groups excluding carboxylic acids is 1. The molecule has 1 N–H and O–H groups in total. The van der Waals surface area contributed by atoms with Crippen LogP contribution >= 0.6 is 0 Å². The Morgan fingerprint density at radius 3 is 2.44 bits per heavy atom. The van der Waals surface area contributed by atoms with Gasteiger partial charge in [-0.25, -0.2) is 8.42 Å². The highest BCUT2D eigenvalue weighted by molar-refractivity contribution is 7.92. The molecule has 0 saturated heterocycles. The van der Waals surface area contributed by atoms with E-state index >= 15 is 0 Å². The first-order chi connectivity index (χ1) is 12.6. The molecular weight excluding hydrogens is 364 g/mol. The Morgan fingerprint density at radius 2 is 1.85 bits per heavy atom. The first-order valence-electron chi connectivity index (χ1n) is 8.74. The average molecular weight is 391 g/mol. The number of amides is 1. The SMILES string of the molecule is CCOc1cccc(NC(=O)[C@H](C)N(c2ccc(C)c(C)c2)S(C)(=O)=O)c1. The molecule has 0 unspecified atom stereocenters. The van der Waals surface area contributed by atoms with Crippen molar-refractivity contribution in [2.24, 2.45) is 0 Å². The van der Waals surface area contributed by atoms with Crippen molar-refractivity contribution < 1.29 is 17.9 Å². The lowest BCUT2D eigenvalue weighted by atomic mass is 10.1. The summed E-state index contributed by atoms with van der Waals surface area (Å²) in [7, 11) is -3.65. The van der Waals surface area contributed by atoms with E-state index in [2.05, 4.69) is 5.32 Å². The Balaban J connectivity index is 2.29. The number of anilines is 2. The molecule has 7 heteroatoms. The standard InChI is InChI=1S/C20H26N2O4S/c1-6-26-19-9-7-8-17(13-19)21-20(23)16(4)22(27(5,24)25)18-11-10-14(2)15(3)12-18/h7-13,16H,6H2,1-5H3,(H,21,23)/t16-/m0/s1. The topological polar surface area (TPSA) is 75.7 Å². The van der Waals surface area contributed by atoms with E-state index in [9.17, 15) is 13.2 Å². The van der Waals surface area contributed by atoms with Gasteiger partial charge in [-0.1, -0.05) is 12.1 Å². The number of carbonyl (C=O) groups is 1. The number of rotatable bonds is 7. The Morgan fingerprint density at radius 1 is 1.15 bits per heavy atom. The lowest BCUT2D eigenvalue weighted by Gasteiger charge is -2.28. The van der Waals surface area contributed by atoms with E-state index in [-0.39, 0.29) is 0 Å². The first kappa shape index (κ1) is 20.8. The van der Waals surface area contributed by atoms with Crippen molar-refractivity contribution in [3.63, 3.8) is 0 Å². The van der Waals surface area contributed by atoms with Gasteiger partial charge in [0, 0.05) is 11.8 Å². The highest BCUT2D eigenvalue weighted by atomic mass is 32.2.